The predicted octanol–water partition coefficient (Wildman–Crippen LogP) is 4.79. The first-order valence-corrected chi connectivity index (χ1v) is 9.78. The largest absolute Gasteiger partial charge is 0.371 e. The molecule has 1 N–H and O–H groups in total. The molecule has 1 unspecified atom stereocenters. The molecule has 4 heteroatoms. The quantitative estimate of drug-likeness (QED) is 0.525. The molecule has 0 spiro atoms. The lowest BCUT2D eigenvalue weighted by molar-refractivity contribution is 0.292. The standard InChI is InChI=1S/C20H21ClN2S/c1-2-12-23-13-11-22-20(21)19(23)18-14-7-3-5-9-16(14)24-17-10-6-4-8-15(17)18/h3-10,20,22H,2,11-13H2,1H3. The van der Waals surface area contributed by atoms with Crippen molar-refractivity contribution in [3.63, 3.8) is 0 Å². The molecular weight excluding hydrogens is 336 g/mol. The summed E-state index contributed by atoms with van der Waals surface area (Å²) >= 11 is 8.61. The molecule has 0 saturated carbocycles. The van der Waals surface area contributed by atoms with Gasteiger partial charge in [0.15, 0.2) is 0 Å². The van der Waals surface area contributed by atoms with Crippen LogP contribution in [0.4, 0.5) is 0 Å². The van der Waals surface area contributed by atoms with E-state index in [0.29, 0.717) is 0 Å². The molecule has 124 valence electrons. The van der Waals surface area contributed by atoms with Crippen LogP contribution in [0, 0.1) is 0 Å². The van der Waals surface area contributed by atoms with E-state index in [1.54, 1.807) is 0 Å². The molecule has 2 aliphatic rings. The average Bonchev–Trinajstić information content (AvgIpc) is 2.61. The lowest BCUT2D eigenvalue weighted by Gasteiger charge is -2.38. The van der Waals surface area contributed by atoms with Gasteiger partial charge in [-0.25, -0.2) is 0 Å². The average molecular weight is 357 g/mol. The van der Waals surface area contributed by atoms with Crippen LogP contribution in [0.3, 0.4) is 0 Å². The zero-order valence-electron chi connectivity index (χ0n) is 13.8. The van der Waals surface area contributed by atoms with E-state index in [1.807, 2.05) is 11.8 Å². The van der Waals surface area contributed by atoms with Crippen molar-refractivity contribution in [3.05, 3.63) is 65.4 Å². The third-order valence-corrected chi connectivity index (χ3v) is 6.08. The minimum absolute atomic E-state index is 0.149. The molecule has 0 aliphatic carbocycles. The van der Waals surface area contributed by atoms with Crippen LogP contribution in [0.1, 0.15) is 24.5 Å². The van der Waals surface area contributed by atoms with E-state index in [0.717, 1.165) is 26.1 Å². The van der Waals surface area contributed by atoms with E-state index < -0.39 is 0 Å². The number of nitrogens with one attached hydrogen (secondary N) is 1. The van der Waals surface area contributed by atoms with Gasteiger partial charge in [-0.2, -0.15) is 0 Å². The molecule has 0 bridgehead atoms. The Balaban J connectivity index is 1.98. The summed E-state index contributed by atoms with van der Waals surface area (Å²) in [5.41, 5.74) is 4.97. The smallest absolute Gasteiger partial charge is 0.124 e. The van der Waals surface area contributed by atoms with Gasteiger partial charge >= 0.3 is 0 Å². The Labute approximate surface area is 152 Å². The SMILES string of the molecule is CCCN1CCNC(Cl)C1=C1c2ccccc2Sc2ccccc21. The molecule has 2 aliphatic heterocycles. The van der Waals surface area contributed by atoms with Crippen LogP contribution >= 0.6 is 23.4 Å². The van der Waals surface area contributed by atoms with Crippen LogP contribution in [0.25, 0.3) is 5.57 Å². The number of nitrogens with zero attached hydrogens (tertiary/aromatic N) is 1. The summed E-state index contributed by atoms with van der Waals surface area (Å²) in [7, 11) is 0. The maximum absolute atomic E-state index is 6.76. The summed E-state index contributed by atoms with van der Waals surface area (Å²) < 4.78 is 0. The van der Waals surface area contributed by atoms with Crippen LogP contribution in [0.15, 0.2) is 64.0 Å². The maximum atomic E-state index is 6.76. The van der Waals surface area contributed by atoms with Gasteiger partial charge in [0.05, 0.1) is 5.70 Å². The zero-order valence-corrected chi connectivity index (χ0v) is 15.3. The second kappa shape index (κ2) is 6.83. The predicted molar refractivity (Wildman–Crippen MR) is 103 cm³/mol. The molecule has 0 radical (unpaired) electrons. The lowest BCUT2D eigenvalue weighted by Crippen LogP contribution is -2.47. The fourth-order valence-electron chi connectivity index (χ4n) is 3.55. The van der Waals surface area contributed by atoms with Crippen molar-refractivity contribution in [1.82, 2.24) is 10.2 Å². The van der Waals surface area contributed by atoms with Crippen LogP contribution in [-0.4, -0.2) is 30.0 Å². The molecule has 1 atom stereocenters. The number of piperazine rings is 1. The molecule has 24 heavy (non-hydrogen) atoms. The molecule has 2 heterocycles. The highest BCUT2D eigenvalue weighted by Crippen LogP contribution is 2.47. The van der Waals surface area contributed by atoms with Crippen LogP contribution in [0.2, 0.25) is 0 Å². The molecule has 0 amide bonds. The Morgan fingerprint density at radius 2 is 1.71 bits per heavy atom. The van der Waals surface area contributed by atoms with Crippen LogP contribution in [-0.2, 0) is 0 Å². The number of halogens is 1. The summed E-state index contributed by atoms with van der Waals surface area (Å²) in [5.74, 6) is 0. The van der Waals surface area contributed by atoms with Gasteiger partial charge < -0.3 is 4.90 Å². The van der Waals surface area contributed by atoms with E-state index in [4.69, 9.17) is 11.6 Å². The number of benzene rings is 2. The summed E-state index contributed by atoms with van der Waals surface area (Å²) in [6, 6.07) is 17.3. The summed E-state index contributed by atoms with van der Waals surface area (Å²) in [6.07, 6.45) is 1.12. The zero-order chi connectivity index (χ0) is 16.5. The second-order valence-electron chi connectivity index (χ2n) is 6.16. The second-order valence-corrected chi connectivity index (χ2v) is 7.68. The van der Waals surface area contributed by atoms with Gasteiger partial charge in [-0.05, 0) is 29.7 Å². The Morgan fingerprint density at radius 3 is 2.33 bits per heavy atom. The molecule has 1 saturated heterocycles. The third-order valence-electron chi connectivity index (χ3n) is 4.57. The van der Waals surface area contributed by atoms with E-state index >= 15 is 0 Å². The monoisotopic (exact) mass is 356 g/mol. The van der Waals surface area contributed by atoms with Gasteiger partial charge in [-0.15, -0.1) is 0 Å². The van der Waals surface area contributed by atoms with Crippen LogP contribution < -0.4 is 5.32 Å². The minimum atomic E-state index is -0.149. The molecular formula is C20H21ClN2S. The number of rotatable bonds is 2. The van der Waals surface area contributed by atoms with Gasteiger partial charge in [0.1, 0.15) is 5.50 Å². The number of hydrogen-bond donors (Lipinski definition) is 1. The van der Waals surface area contributed by atoms with Crippen molar-refractivity contribution in [2.45, 2.75) is 28.6 Å². The van der Waals surface area contributed by atoms with Crippen molar-refractivity contribution >= 4 is 28.9 Å². The maximum Gasteiger partial charge on any atom is 0.124 e. The Morgan fingerprint density at radius 1 is 1.08 bits per heavy atom. The Hall–Kier alpha value is -1.42. The fourth-order valence-corrected chi connectivity index (χ4v) is 5.00. The van der Waals surface area contributed by atoms with E-state index in [2.05, 4.69) is 65.7 Å². The topological polar surface area (TPSA) is 15.3 Å². The van der Waals surface area contributed by atoms with E-state index in [-0.39, 0.29) is 5.50 Å². The highest BCUT2D eigenvalue weighted by Gasteiger charge is 2.31. The molecule has 0 aromatic heterocycles. The Kier molecular flexibility index (Phi) is 4.57. The first kappa shape index (κ1) is 16.1. The summed E-state index contributed by atoms with van der Waals surface area (Å²) in [4.78, 5) is 5.08. The van der Waals surface area contributed by atoms with Crippen LogP contribution in [0.5, 0.6) is 0 Å². The van der Waals surface area contributed by atoms with Crippen molar-refractivity contribution in [2.75, 3.05) is 19.6 Å². The lowest BCUT2D eigenvalue weighted by atomic mass is 9.93. The summed E-state index contributed by atoms with van der Waals surface area (Å²) in [5, 5.41) is 3.44. The number of fused-ring (bicyclic) bond motifs is 2. The first-order chi connectivity index (χ1) is 11.8. The molecule has 4 rings (SSSR count). The van der Waals surface area contributed by atoms with Crippen molar-refractivity contribution in [1.29, 1.82) is 0 Å². The van der Waals surface area contributed by atoms with Crippen molar-refractivity contribution in [3.8, 4) is 0 Å². The molecule has 1 fully saturated rings. The van der Waals surface area contributed by atoms with Gasteiger partial charge in [-0.1, -0.05) is 66.7 Å². The van der Waals surface area contributed by atoms with E-state index in [1.165, 1.54) is 32.2 Å². The van der Waals surface area contributed by atoms with Gasteiger partial charge in [0.25, 0.3) is 0 Å². The van der Waals surface area contributed by atoms with Crippen molar-refractivity contribution < 1.29 is 0 Å². The molecule has 2 nitrogen and oxygen atoms in total. The van der Waals surface area contributed by atoms with E-state index in [9.17, 15) is 0 Å². The highest BCUT2D eigenvalue weighted by molar-refractivity contribution is 7.99. The molecule has 2 aromatic carbocycles. The normalized spacial score (nSPS) is 19.9. The highest BCUT2D eigenvalue weighted by atomic mass is 35.5. The minimum Gasteiger partial charge on any atom is -0.371 e. The van der Waals surface area contributed by atoms with Gasteiger partial charge in [-0.3, -0.25) is 5.32 Å². The molecule has 2 aromatic rings. The Bertz CT molecular complexity index is 737. The number of hydrogen-bond acceptors (Lipinski definition) is 3. The number of alkyl halides is 1. The first-order valence-electron chi connectivity index (χ1n) is 8.53. The van der Waals surface area contributed by atoms with Crippen molar-refractivity contribution in [2.24, 2.45) is 0 Å². The van der Waals surface area contributed by atoms with Gasteiger partial charge in [0.2, 0.25) is 0 Å². The third kappa shape index (κ3) is 2.75. The fraction of sp³-hybridized carbons (Fsp3) is 0.300. The van der Waals surface area contributed by atoms with Gasteiger partial charge in [0, 0.05) is 35.0 Å². The summed E-state index contributed by atoms with van der Waals surface area (Å²) in [6.45, 7) is 5.21.